The molecule has 1 aliphatic rings. The van der Waals surface area contributed by atoms with E-state index in [0.717, 1.165) is 0 Å². The number of methoxy groups -OCH3 is 2. The summed E-state index contributed by atoms with van der Waals surface area (Å²) in [7, 11) is 2.93. The Bertz CT molecular complexity index is 997. The smallest absolute Gasteiger partial charge is 0.353 e. The van der Waals surface area contributed by atoms with E-state index >= 15 is 0 Å². The predicted molar refractivity (Wildman–Crippen MR) is 118 cm³/mol. The van der Waals surface area contributed by atoms with Crippen molar-refractivity contribution in [1.82, 2.24) is 9.97 Å². The van der Waals surface area contributed by atoms with Gasteiger partial charge in [0, 0.05) is 19.2 Å². The summed E-state index contributed by atoms with van der Waals surface area (Å²) in [6.07, 6.45) is 2.29. The van der Waals surface area contributed by atoms with Crippen molar-refractivity contribution in [2.45, 2.75) is 19.8 Å². The molecule has 11 nitrogen and oxygen atoms in total. The Balaban J connectivity index is 1.89. The van der Waals surface area contributed by atoms with E-state index in [1.165, 1.54) is 26.6 Å². The number of rotatable bonds is 8. The molecule has 1 fully saturated rings. The highest BCUT2D eigenvalue weighted by Crippen LogP contribution is 2.40. The number of halogens is 1. The van der Waals surface area contributed by atoms with Crippen LogP contribution in [0.1, 0.15) is 19.8 Å². The Kier molecular flexibility index (Phi) is 7.52. The van der Waals surface area contributed by atoms with E-state index in [-0.39, 0.29) is 29.2 Å². The van der Waals surface area contributed by atoms with Crippen LogP contribution in [-0.4, -0.2) is 54.8 Å². The largest absolute Gasteiger partial charge is 0.495 e. The number of carbonyl (C=O) groups excluding carboxylic acids is 1. The lowest BCUT2D eigenvalue weighted by Gasteiger charge is -2.31. The third kappa shape index (κ3) is 4.93. The van der Waals surface area contributed by atoms with Gasteiger partial charge in [0.1, 0.15) is 17.8 Å². The first kappa shape index (κ1) is 23.3. The van der Waals surface area contributed by atoms with Gasteiger partial charge < -0.3 is 24.4 Å². The zero-order valence-corrected chi connectivity index (χ0v) is 18.7. The lowest BCUT2D eigenvalue weighted by Crippen LogP contribution is -2.37. The van der Waals surface area contributed by atoms with E-state index in [9.17, 15) is 14.9 Å². The summed E-state index contributed by atoms with van der Waals surface area (Å²) in [5, 5.41) is 15.2. The fraction of sp³-hybridized carbons (Fsp3) is 0.450. The van der Waals surface area contributed by atoms with Crippen LogP contribution in [0, 0.1) is 16.0 Å². The van der Waals surface area contributed by atoms with Gasteiger partial charge in [-0.3, -0.25) is 14.9 Å². The average Bonchev–Trinajstić information content (AvgIpc) is 2.79. The molecule has 0 spiro atoms. The van der Waals surface area contributed by atoms with Crippen molar-refractivity contribution in [2.75, 3.05) is 44.1 Å². The Morgan fingerprint density at radius 1 is 1.25 bits per heavy atom. The number of aromatic nitrogens is 2. The average molecular weight is 466 g/mol. The van der Waals surface area contributed by atoms with Crippen LogP contribution >= 0.6 is 11.6 Å². The summed E-state index contributed by atoms with van der Waals surface area (Å²) in [6.45, 7) is 2.94. The molecule has 0 saturated carbocycles. The number of piperidine rings is 1. The molecular weight excluding hydrogens is 442 g/mol. The Hall–Kier alpha value is -3.34. The van der Waals surface area contributed by atoms with Crippen molar-refractivity contribution >= 4 is 40.6 Å². The molecule has 1 aromatic carbocycles. The first-order valence-corrected chi connectivity index (χ1v) is 10.4. The van der Waals surface area contributed by atoms with Crippen molar-refractivity contribution in [3.63, 3.8) is 0 Å². The Morgan fingerprint density at radius 3 is 2.53 bits per heavy atom. The summed E-state index contributed by atoms with van der Waals surface area (Å²) in [5.74, 6) is 0.471. The number of esters is 1. The van der Waals surface area contributed by atoms with Gasteiger partial charge in [-0.15, -0.1) is 0 Å². The van der Waals surface area contributed by atoms with Gasteiger partial charge in [0.25, 0.3) is 0 Å². The van der Waals surface area contributed by atoms with Crippen LogP contribution in [0.2, 0.25) is 5.02 Å². The monoisotopic (exact) mass is 465 g/mol. The number of benzene rings is 1. The summed E-state index contributed by atoms with van der Waals surface area (Å²) in [4.78, 5) is 33.4. The molecular formula is C20H24ClN5O6. The van der Waals surface area contributed by atoms with Crippen molar-refractivity contribution in [1.29, 1.82) is 0 Å². The minimum absolute atomic E-state index is 0.00736. The molecule has 2 aromatic rings. The van der Waals surface area contributed by atoms with Gasteiger partial charge in [-0.2, -0.15) is 0 Å². The molecule has 1 aliphatic heterocycles. The molecule has 1 saturated heterocycles. The van der Waals surface area contributed by atoms with E-state index in [1.54, 1.807) is 17.9 Å². The Labute approximate surface area is 189 Å². The molecule has 0 amide bonds. The van der Waals surface area contributed by atoms with Crippen molar-refractivity contribution < 1.29 is 23.9 Å². The molecule has 1 N–H and O–H groups in total. The van der Waals surface area contributed by atoms with Gasteiger partial charge in [0.15, 0.2) is 0 Å². The fourth-order valence-corrected chi connectivity index (χ4v) is 3.77. The maximum atomic E-state index is 12.0. The molecule has 0 radical (unpaired) electrons. The van der Waals surface area contributed by atoms with Gasteiger partial charge in [0.2, 0.25) is 11.6 Å². The van der Waals surface area contributed by atoms with Crippen LogP contribution in [0.4, 0.5) is 23.0 Å². The van der Waals surface area contributed by atoms with E-state index in [0.29, 0.717) is 54.7 Å². The molecule has 12 heteroatoms. The first-order valence-electron chi connectivity index (χ1n) is 9.99. The zero-order chi connectivity index (χ0) is 23.3. The summed E-state index contributed by atoms with van der Waals surface area (Å²) in [5.41, 5.74) is 0.100. The van der Waals surface area contributed by atoms with Crippen molar-refractivity contribution in [3.8, 4) is 11.5 Å². The van der Waals surface area contributed by atoms with Crippen LogP contribution in [0.3, 0.4) is 0 Å². The van der Waals surface area contributed by atoms with Gasteiger partial charge in [0.05, 0.1) is 42.4 Å². The predicted octanol–water partition coefficient (Wildman–Crippen LogP) is 3.58. The standard InChI is InChI=1S/C20H24ClN5O6/c1-4-32-20(27)12-5-7-25(8-6-12)19-17(26(28)29)18(22-11-23-19)24-14-9-13(21)15(30-2)10-16(14)31-3/h9-12H,4-8H2,1-3H3,(H,22,23,24). The quantitative estimate of drug-likeness (QED) is 0.350. The van der Waals surface area contributed by atoms with Crippen LogP contribution in [-0.2, 0) is 9.53 Å². The number of ether oxygens (including phenoxy) is 3. The number of nitrogens with zero attached hydrogens (tertiary/aromatic N) is 4. The maximum Gasteiger partial charge on any atom is 0.353 e. The van der Waals surface area contributed by atoms with Crippen molar-refractivity contribution in [3.05, 3.63) is 33.6 Å². The lowest BCUT2D eigenvalue weighted by atomic mass is 9.97. The molecule has 0 unspecified atom stereocenters. The Morgan fingerprint density at radius 2 is 1.94 bits per heavy atom. The molecule has 0 bridgehead atoms. The van der Waals surface area contributed by atoms with Gasteiger partial charge >= 0.3 is 11.7 Å². The molecule has 0 atom stereocenters. The minimum atomic E-state index is -0.535. The van der Waals surface area contributed by atoms with E-state index in [4.69, 9.17) is 25.8 Å². The lowest BCUT2D eigenvalue weighted by molar-refractivity contribution is -0.383. The molecule has 3 rings (SSSR count). The van der Waals surface area contributed by atoms with Gasteiger partial charge in [-0.25, -0.2) is 9.97 Å². The highest BCUT2D eigenvalue weighted by Gasteiger charge is 2.32. The normalized spacial score (nSPS) is 14.1. The van der Waals surface area contributed by atoms with E-state index < -0.39 is 4.92 Å². The third-order valence-electron chi connectivity index (χ3n) is 5.13. The fourth-order valence-electron chi connectivity index (χ4n) is 3.53. The number of nitrogens with one attached hydrogen (secondary N) is 1. The van der Waals surface area contributed by atoms with Crippen molar-refractivity contribution in [2.24, 2.45) is 5.92 Å². The topological polar surface area (TPSA) is 129 Å². The van der Waals surface area contributed by atoms with Gasteiger partial charge in [-0.1, -0.05) is 11.6 Å². The summed E-state index contributed by atoms with van der Waals surface area (Å²) in [6, 6.07) is 3.11. The number of hydrogen-bond donors (Lipinski definition) is 1. The maximum absolute atomic E-state index is 12.0. The SMILES string of the molecule is CCOC(=O)C1CCN(c2ncnc(Nc3cc(Cl)c(OC)cc3OC)c2[N+](=O)[O-])CC1. The minimum Gasteiger partial charge on any atom is -0.495 e. The number of nitro groups is 1. The number of hydrogen-bond acceptors (Lipinski definition) is 10. The van der Waals surface area contributed by atoms with Gasteiger partial charge in [-0.05, 0) is 25.8 Å². The zero-order valence-electron chi connectivity index (χ0n) is 18.0. The molecule has 172 valence electrons. The number of anilines is 3. The highest BCUT2D eigenvalue weighted by atomic mass is 35.5. The molecule has 32 heavy (non-hydrogen) atoms. The summed E-state index contributed by atoms with van der Waals surface area (Å²) >= 11 is 6.21. The second-order valence-electron chi connectivity index (χ2n) is 6.98. The summed E-state index contributed by atoms with van der Waals surface area (Å²) < 4.78 is 15.6. The second-order valence-corrected chi connectivity index (χ2v) is 7.38. The second kappa shape index (κ2) is 10.3. The highest BCUT2D eigenvalue weighted by molar-refractivity contribution is 6.32. The third-order valence-corrected chi connectivity index (χ3v) is 5.42. The molecule has 0 aliphatic carbocycles. The molecule has 2 heterocycles. The van der Waals surface area contributed by atoms with E-state index in [2.05, 4.69) is 15.3 Å². The van der Waals surface area contributed by atoms with Crippen LogP contribution in [0.25, 0.3) is 0 Å². The van der Waals surface area contributed by atoms with Crippen LogP contribution < -0.4 is 19.7 Å². The van der Waals surface area contributed by atoms with Crippen LogP contribution in [0.5, 0.6) is 11.5 Å². The first-order chi connectivity index (χ1) is 15.4. The number of carbonyl (C=O) groups is 1. The molecule has 1 aromatic heterocycles. The van der Waals surface area contributed by atoms with E-state index in [1.807, 2.05) is 0 Å². The van der Waals surface area contributed by atoms with Crippen LogP contribution in [0.15, 0.2) is 18.5 Å².